The van der Waals surface area contributed by atoms with Gasteiger partial charge in [-0.3, -0.25) is 4.79 Å². The number of nitrogens with one attached hydrogen (secondary N) is 1. The largest absolute Gasteiger partial charge is 0.465 e. The van der Waals surface area contributed by atoms with Crippen LogP contribution in [0.2, 0.25) is 5.15 Å². The number of carbonyl (C=O) groups excluding carboxylic acids is 2. The number of methoxy groups -OCH3 is 1. The lowest BCUT2D eigenvalue weighted by Crippen LogP contribution is -2.27. The van der Waals surface area contributed by atoms with Crippen LogP contribution < -0.4 is 5.32 Å². The molecular weight excluding hydrogens is 328 g/mol. The van der Waals surface area contributed by atoms with Crippen molar-refractivity contribution in [3.05, 3.63) is 47.2 Å². The third-order valence-corrected chi connectivity index (χ3v) is 3.73. The third-order valence-electron chi connectivity index (χ3n) is 3.44. The van der Waals surface area contributed by atoms with Gasteiger partial charge in [-0.2, -0.15) is 0 Å². The number of aromatic nitrogens is 1. The van der Waals surface area contributed by atoms with Gasteiger partial charge >= 0.3 is 5.97 Å². The van der Waals surface area contributed by atoms with E-state index in [1.807, 2.05) is 32.9 Å². The minimum Gasteiger partial charge on any atom is -0.465 e. The Morgan fingerprint density at radius 1 is 1.12 bits per heavy atom. The molecule has 1 aromatic carbocycles. The van der Waals surface area contributed by atoms with Gasteiger partial charge in [-0.15, -0.1) is 0 Å². The second-order valence-electron chi connectivity index (χ2n) is 6.27. The topological polar surface area (TPSA) is 68.3 Å². The second kappa shape index (κ2) is 7.01. The average molecular weight is 347 g/mol. The maximum Gasteiger partial charge on any atom is 0.341 e. The molecule has 0 bridgehead atoms. The van der Waals surface area contributed by atoms with Crippen molar-refractivity contribution in [2.75, 3.05) is 12.4 Å². The maximum atomic E-state index is 12.3. The number of anilines is 1. The normalized spacial score (nSPS) is 11.0. The van der Waals surface area contributed by atoms with Gasteiger partial charge in [0.1, 0.15) is 10.7 Å². The predicted molar refractivity (Wildman–Crippen MR) is 94.1 cm³/mol. The number of halogens is 1. The molecule has 1 N–H and O–H groups in total. The summed E-state index contributed by atoms with van der Waals surface area (Å²) in [7, 11) is 1.28. The van der Waals surface area contributed by atoms with Gasteiger partial charge < -0.3 is 10.1 Å². The SMILES string of the molecule is COC(=O)c1c(-c2ccccc2NC(=O)C(C)(C)C)ccnc1Cl. The second-order valence-corrected chi connectivity index (χ2v) is 6.62. The number of ether oxygens (including phenoxy) is 1. The van der Waals surface area contributed by atoms with Crippen molar-refractivity contribution >= 4 is 29.2 Å². The van der Waals surface area contributed by atoms with Gasteiger partial charge in [0.2, 0.25) is 5.91 Å². The van der Waals surface area contributed by atoms with E-state index in [0.717, 1.165) is 0 Å². The van der Waals surface area contributed by atoms with Crippen LogP contribution in [0.25, 0.3) is 11.1 Å². The Kier molecular flexibility index (Phi) is 5.24. The Bertz CT molecular complexity index is 782. The number of rotatable bonds is 3. The number of hydrogen-bond donors (Lipinski definition) is 1. The Balaban J connectivity index is 2.57. The van der Waals surface area contributed by atoms with Gasteiger partial charge in [-0.1, -0.05) is 50.6 Å². The molecular formula is C18H19ClN2O3. The van der Waals surface area contributed by atoms with E-state index in [0.29, 0.717) is 16.8 Å². The van der Waals surface area contributed by atoms with E-state index in [4.69, 9.17) is 16.3 Å². The molecule has 0 fully saturated rings. The lowest BCUT2D eigenvalue weighted by atomic mass is 9.94. The molecule has 0 aliphatic heterocycles. The van der Waals surface area contributed by atoms with E-state index >= 15 is 0 Å². The van der Waals surface area contributed by atoms with Crippen LogP contribution in [-0.4, -0.2) is 24.0 Å². The van der Waals surface area contributed by atoms with Crippen LogP contribution in [0.3, 0.4) is 0 Å². The molecule has 1 aromatic heterocycles. The van der Waals surface area contributed by atoms with Crippen LogP contribution >= 0.6 is 11.6 Å². The minimum absolute atomic E-state index is 0.0521. The number of hydrogen-bond acceptors (Lipinski definition) is 4. The van der Waals surface area contributed by atoms with Gasteiger partial charge in [0.25, 0.3) is 0 Å². The summed E-state index contributed by atoms with van der Waals surface area (Å²) in [6.07, 6.45) is 1.51. The Labute approximate surface area is 146 Å². The summed E-state index contributed by atoms with van der Waals surface area (Å²) in [5, 5.41) is 2.95. The smallest absolute Gasteiger partial charge is 0.341 e. The molecule has 0 radical (unpaired) electrons. The van der Waals surface area contributed by atoms with Crippen molar-refractivity contribution in [2.45, 2.75) is 20.8 Å². The van der Waals surface area contributed by atoms with Gasteiger partial charge in [0.05, 0.1) is 7.11 Å². The molecule has 24 heavy (non-hydrogen) atoms. The summed E-state index contributed by atoms with van der Waals surface area (Å²) in [4.78, 5) is 28.3. The van der Waals surface area contributed by atoms with E-state index in [9.17, 15) is 9.59 Å². The molecule has 6 heteroatoms. The van der Waals surface area contributed by atoms with Crippen molar-refractivity contribution in [3.63, 3.8) is 0 Å². The predicted octanol–water partition coefficient (Wildman–Crippen LogP) is 4.17. The Morgan fingerprint density at radius 2 is 1.79 bits per heavy atom. The van der Waals surface area contributed by atoms with Crippen LogP contribution in [-0.2, 0) is 9.53 Å². The van der Waals surface area contributed by atoms with E-state index in [-0.39, 0.29) is 16.6 Å². The lowest BCUT2D eigenvalue weighted by Gasteiger charge is -2.20. The van der Waals surface area contributed by atoms with Crippen molar-refractivity contribution in [3.8, 4) is 11.1 Å². The van der Waals surface area contributed by atoms with E-state index < -0.39 is 11.4 Å². The van der Waals surface area contributed by atoms with Crippen LogP contribution in [0.4, 0.5) is 5.69 Å². The average Bonchev–Trinajstić information content (AvgIpc) is 2.53. The quantitative estimate of drug-likeness (QED) is 0.669. The van der Waals surface area contributed by atoms with Gasteiger partial charge in [-0.05, 0) is 12.1 Å². The van der Waals surface area contributed by atoms with Crippen LogP contribution in [0.5, 0.6) is 0 Å². The van der Waals surface area contributed by atoms with E-state index in [1.165, 1.54) is 13.3 Å². The number of amides is 1. The monoisotopic (exact) mass is 346 g/mol. The first kappa shape index (κ1) is 17.9. The highest BCUT2D eigenvalue weighted by atomic mass is 35.5. The Hall–Kier alpha value is -2.40. The molecule has 0 unspecified atom stereocenters. The van der Waals surface area contributed by atoms with Gasteiger partial charge in [0.15, 0.2) is 0 Å². The first-order valence-electron chi connectivity index (χ1n) is 7.39. The fraction of sp³-hybridized carbons (Fsp3) is 0.278. The summed E-state index contributed by atoms with van der Waals surface area (Å²) < 4.78 is 4.80. The number of carbonyl (C=O) groups is 2. The molecule has 0 aliphatic rings. The molecule has 126 valence electrons. The zero-order valence-corrected chi connectivity index (χ0v) is 14.8. The fourth-order valence-corrected chi connectivity index (χ4v) is 2.33. The molecule has 0 aliphatic carbocycles. The van der Waals surface area contributed by atoms with Crippen molar-refractivity contribution in [2.24, 2.45) is 5.41 Å². The highest BCUT2D eigenvalue weighted by Crippen LogP contribution is 2.34. The van der Waals surface area contributed by atoms with Crippen LogP contribution in [0, 0.1) is 5.41 Å². The fourth-order valence-electron chi connectivity index (χ4n) is 2.09. The molecule has 1 heterocycles. The Morgan fingerprint density at radius 3 is 2.42 bits per heavy atom. The standard InChI is InChI=1S/C18H19ClN2O3/c1-18(2,3)17(23)21-13-8-6-5-7-11(13)12-9-10-20-15(19)14(12)16(22)24-4/h5-10H,1-4H3,(H,21,23). The van der Waals surface area contributed by atoms with Crippen molar-refractivity contribution in [1.29, 1.82) is 0 Å². The zero-order valence-electron chi connectivity index (χ0n) is 14.0. The molecule has 0 saturated carbocycles. The summed E-state index contributed by atoms with van der Waals surface area (Å²) in [5.74, 6) is -0.713. The third kappa shape index (κ3) is 3.74. The molecule has 2 rings (SSSR count). The highest BCUT2D eigenvalue weighted by molar-refractivity contribution is 6.33. The number of pyridine rings is 1. The van der Waals surface area contributed by atoms with Crippen LogP contribution in [0.1, 0.15) is 31.1 Å². The minimum atomic E-state index is -0.583. The number of esters is 1. The molecule has 0 spiro atoms. The first-order valence-corrected chi connectivity index (χ1v) is 7.77. The molecule has 0 atom stereocenters. The first-order chi connectivity index (χ1) is 11.3. The number of para-hydroxylation sites is 1. The molecule has 2 aromatic rings. The van der Waals surface area contributed by atoms with Crippen LogP contribution in [0.15, 0.2) is 36.5 Å². The molecule has 5 nitrogen and oxygen atoms in total. The maximum absolute atomic E-state index is 12.3. The molecule has 0 saturated heterocycles. The summed E-state index contributed by atoms with van der Waals surface area (Å²) >= 11 is 6.08. The van der Waals surface area contributed by atoms with E-state index in [1.54, 1.807) is 18.2 Å². The van der Waals surface area contributed by atoms with Gasteiger partial charge in [-0.25, -0.2) is 9.78 Å². The van der Waals surface area contributed by atoms with Crippen molar-refractivity contribution < 1.29 is 14.3 Å². The summed E-state index contributed by atoms with van der Waals surface area (Å²) in [6, 6.07) is 8.87. The number of benzene rings is 1. The number of nitrogens with zero attached hydrogens (tertiary/aromatic N) is 1. The summed E-state index contributed by atoms with van der Waals surface area (Å²) in [5.41, 5.74) is 1.42. The zero-order chi connectivity index (χ0) is 17.9. The highest BCUT2D eigenvalue weighted by Gasteiger charge is 2.24. The van der Waals surface area contributed by atoms with E-state index in [2.05, 4.69) is 10.3 Å². The lowest BCUT2D eigenvalue weighted by molar-refractivity contribution is -0.123. The van der Waals surface area contributed by atoms with Crippen molar-refractivity contribution in [1.82, 2.24) is 4.98 Å². The molecule has 1 amide bonds. The van der Waals surface area contributed by atoms with Gasteiger partial charge in [0, 0.05) is 28.4 Å². The summed E-state index contributed by atoms with van der Waals surface area (Å²) in [6.45, 7) is 5.48.